The van der Waals surface area contributed by atoms with Crippen LogP contribution >= 0.6 is 11.3 Å². The molecule has 1 fully saturated rings. The van der Waals surface area contributed by atoms with Crippen LogP contribution in [0.2, 0.25) is 0 Å². The molecule has 0 atom stereocenters. The van der Waals surface area contributed by atoms with Crippen molar-refractivity contribution < 1.29 is 18.7 Å². The Morgan fingerprint density at radius 1 is 1.16 bits per heavy atom. The van der Waals surface area contributed by atoms with Crippen LogP contribution in [0.1, 0.15) is 46.8 Å². The third kappa shape index (κ3) is 5.02. The van der Waals surface area contributed by atoms with Crippen LogP contribution in [0.15, 0.2) is 42.6 Å². The van der Waals surface area contributed by atoms with Crippen molar-refractivity contribution in [3.05, 3.63) is 58.9 Å². The number of nitrogens with zero attached hydrogens (tertiary/aromatic N) is 1. The summed E-state index contributed by atoms with van der Waals surface area (Å²) in [6.07, 6.45) is 5.52. The first kappa shape index (κ1) is 21.2. The van der Waals surface area contributed by atoms with Gasteiger partial charge in [0, 0.05) is 18.1 Å². The predicted octanol–water partition coefficient (Wildman–Crippen LogP) is 4.00. The highest BCUT2D eigenvalue weighted by molar-refractivity contribution is 7.20. The van der Waals surface area contributed by atoms with Crippen molar-refractivity contribution in [2.45, 2.75) is 31.6 Å². The maximum Gasteiger partial charge on any atom is 0.259 e. The topological polar surface area (TPSA) is 94.3 Å². The summed E-state index contributed by atoms with van der Waals surface area (Å²) in [5.41, 5.74) is 6.67. The molecular formula is C23H24FN3O3S. The number of hydrogen-bond acceptors (Lipinski definition) is 5. The van der Waals surface area contributed by atoms with Gasteiger partial charge in [0.15, 0.2) is 6.61 Å². The molecule has 0 saturated heterocycles. The van der Waals surface area contributed by atoms with Crippen LogP contribution in [0.25, 0.3) is 10.2 Å². The normalized spacial score (nSPS) is 18.6. The standard InChI is InChI=1S/C23H24FN3O3S/c24-16-7-9-17(10-8-16)30-13-19(28)27-12-14-3-5-15(6-4-14)20-18-2-1-11-26-23(18)31-21(20)22(25)29/h1-2,7-11,14-15H,3-6,12-13H2,(H2,25,29)(H,27,28). The molecule has 3 N–H and O–H groups in total. The van der Waals surface area contributed by atoms with Gasteiger partial charge in [-0.05, 0) is 73.4 Å². The molecule has 0 unspecified atom stereocenters. The summed E-state index contributed by atoms with van der Waals surface area (Å²) < 4.78 is 18.3. The van der Waals surface area contributed by atoms with Crippen molar-refractivity contribution in [3.63, 3.8) is 0 Å². The maximum absolute atomic E-state index is 12.9. The summed E-state index contributed by atoms with van der Waals surface area (Å²) in [5.74, 6) is 0.174. The van der Waals surface area contributed by atoms with Crippen LogP contribution in [0.5, 0.6) is 5.75 Å². The molecule has 6 nitrogen and oxygen atoms in total. The van der Waals surface area contributed by atoms with Crippen molar-refractivity contribution in [2.24, 2.45) is 11.7 Å². The number of rotatable bonds is 7. The molecule has 31 heavy (non-hydrogen) atoms. The number of carbonyl (C=O) groups is 2. The number of primary amides is 1. The van der Waals surface area contributed by atoms with Gasteiger partial charge in [-0.3, -0.25) is 9.59 Å². The second-order valence-electron chi connectivity index (χ2n) is 7.83. The zero-order chi connectivity index (χ0) is 21.8. The van der Waals surface area contributed by atoms with Crippen molar-refractivity contribution in [1.29, 1.82) is 0 Å². The fourth-order valence-electron chi connectivity index (χ4n) is 4.18. The molecule has 0 spiro atoms. The number of carbonyl (C=O) groups excluding carboxylic acids is 2. The first-order chi connectivity index (χ1) is 15.0. The predicted molar refractivity (Wildman–Crippen MR) is 118 cm³/mol. The number of nitrogens with one attached hydrogen (secondary N) is 1. The van der Waals surface area contributed by atoms with Crippen LogP contribution in [0, 0.1) is 11.7 Å². The number of halogens is 1. The third-order valence-electron chi connectivity index (χ3n) is 5.75. The third-order valence-corrected chi connectivity index (χ3v) is 6.90. The van der Waals surface area contributed by atoms with E-state index in [-0.39, 0.29) is 24.2 Å². The molecule has 1 saturated carbocycles. The summed E-state index contributed by atoms with van der Waals surface area (Å²) in [6, 6.07) is 9.47. The fraction of sp³-hybridized carbons (Fsp3) is 0.348. The Morgan fingerprint density at radius 2 is 1.90 bits per heavy atom. The number of hydrogen-bond donors (Lipinski definition) is 2. The molecule has 162 valence electrons. The smallest absolute Gasteiger partial charge is 0.259 e. The van der Waals surface area contributed by atoms with E-state index in [1.807, 2.05) is 12.1 Å². The summed E-state index contributed by atoms with van der Waals surface area (Å²) in [7, 11) is 0. The second kappa shape index (κ2) is 9.43. The van der Waals surface area contributed by atoms with Crippen molar-refractivity contribution in [3.8, 4) is 5.75 Å². The minimum Gasteiger partial charge on any atom is -0.484 e. The first-order valence-electron chi connectivity index (χ1n) is 10.3. The Labute approximate surface area is 183 Å². The van der Waals surface area contributed by atoms with E-state index in [0.29, 0.717) is 23.1 Å². The van der Waals surface area contributed by atoms with Crippen molar-refractivity contribution in [2.75, 3.05) is 13.2 Å². The van der Waals surface area contributed by atoms with Crippen LogP contribution in [0.4, 0.5) is 4.39 Å². The SMILES string of the molecule is NC(=O)c1sc2ncccc2c1C1CCC(CNC(=O)COc2ccc(F)cc2)CC1. The van der Waals surface area contributed by atoms with E-state index in [1.165, 1.54) is 35.6 Å². The minimum atomic E-state index is -0.395. The zero-order valence-corrected chi connectivity index (χ0v) is 17.8. The molecule has 0 bridgehead atoms. The van der Waals surface area contributed by atoms with E-state index in [0.717, 1.165) is 41.5 Å². The van der Waals surface area contributed by atoms with Crippen LogP contribution in [-0.2, 0) is 4.79 Å². The average Bonchev–Trinajstić information content (AvgIpc) is 3.18. The van der Waals surface area contributed by atoms with Crippen molar-refractivity contribution >= 4 is 33.4 Å². The molecule has 2 amide bonds. The van der Waals surface area contributed by atoms with Gasteiger partial charge in [-0.1, -0.05) is 6.07 Å². The van der Waals surface area contributed by atoms with Gasteiger partial charge < -0.3 is 15.8 Å². The number of pyridine rings is 1. The van der Waals surface area contributed by atoms with Gasteiger partial charge >= 0.3 is 0 Å². The molecule has 8 heteroatoms. The number of aromatic nitrogens is 1. The number of ether oxygens (including phenoxy) is 1. The van der Waals surface area contributed by atoms with Gasteiger partial charge in [0.1, 0.15) is 16.4 Å². The molecule has 3 aromatic rings. The second-order valence-corrected chi connectivity index (χ2v) is 8.83. The van der Waals surface area contributed by atoms with E-state index in [9.17, 15) is 14.0 Å². The van der Waals surface area contributed by atoms with Gasteiger partial charge in [-0.2, -0.15) is 0 Å². The quantitative estimate of drug-likeness (QED) is 0.579. The Bertz CT molecular complexity index is 1080. The number of nitrogens with two attached hydrogens (primary N) is 1. The maximum atomic E-state index is 12.9. The first-order valence-corrected chi connectivity index (χ1v) is 11.1. The number of benzene rings is 1. The minimum absolute atomic E-state index is 0.100. The van der Waals surface area contributed by atoms with Gasteiger partial charge in [-0.25, -0.2) is 9.37 Å². The van der Waals surface area contributed by atoms with Gasteiger partial charge in [0.05, 0.1) is 4.88 Å². The highest BCUT2D eigenvalue weighted by atomic mass is 32.1. The van der Waals surface area contributed by atoms with Crippen LogP contribution in [0.3, 0.4) is 0 Å². The van der Waals surface area contributed by atoms with Crippen molar-refractivity contribution in [1.82, 2.24) is 10.3 Å². The zero-order valence-electron chi connectivity index (χ0n) is 17.0. The molecule has 1 aliphatic carbocycles. The lowest BCUT2D eigenvalue weighted by molar-refractivity contribution is -0.123. The number of amides is 2. The Balaban J connectivity index is 1.29. The average molecular weight is 442 g/mol. The van der Waals surface area contributed by atoms with Gasteiger partial charge in [0.2, 0.25) is 0 Å². The lowest BCUT2D eigenvalue weighted by Gasteiger charge is -2.29. The van der Waals surface area contributed by atoms with Crippen LogP contribution in [-0.4, -0.2) is 29.9 Å². The highest BCUT2D eigenvalue weighted by Gasteiger charge is 2.28. The summed E-state index contributed by atoms with van der Waals surface area (Å²) in [6.45, 7) is 0.490. The molecule has 0 radical (unpaired) electrons. The molecule has 1 aliphatic rings. The Hall–Kier alpha value is -3.00. The van der Waals surface area contributed by atoms with E-state index >= 15 is 0 Å². The lowest BCUT2D eigenvalue weighted by atomic mass is 9.78. The monoisotopic (exact) mass is 441 g/mol. The van der Waals surface area contributed by atoms with Crippen LogP contribution < -0.4 is 15.8 Å². The highest BCUT2D eigenvalue weighted by Crippen LogP contribution is 2.42. The largest absolute Gasteiger partial charge is 0.484 e. The number of thiophene rings is 1. The van der Waals surface area contributed by atoms with E-state index < -0.39 is 5.91 Å². The van der Waals surface area contributed by atoms with E-state index in [4.69, 9.17) is 10.5 Å². The Kier molecular flexibility index (Phi) is 6.46. The molecular weight excluding hydrogens is 417 g/mol. The molecule has 0 aliphatic heterocycles. The Morgan fingerprint density at radius 3 is 2.61 bits per heavy atom. The molecule has 2 aromatic heterocycles. The molecule has 1 aromatic carbocycles. The molecule has 4 rings (SSSR count). The summed E-state index contributed by atoms with van der Waals surface area (Å²) in [5, 5.41) is 3.95. The lowest BCUT2D eigenvalue weighted by Crippen LogP contribution is -2.34. The summed E-state index contributed by atoms with van der Waals surface area (Å²) >= 11 is 1.37. The number of fused-ring (bicyclic) bond motifs is 1. The molecule has 2 heterocycles. The van der Waals surface area contributed by atoms with Gasteiger partial charge in [0.25, 0.3) is 11.8 Å². The van der Waals surface area contributed by atoms with E-state index in [1.54, 1.807) is 6.20 Å². The summed E-state index contributed by atoms with van der Waals surface area (Å²) in [4.78, 5) is 29.9. The van der Waals surface area contributed by atoms with Gasteiger partial charge in [-0.15, -0.1) is 11.3 Å². The van der Waals surface area contributed by atoms with E-state index in [2.05, 4.69) is 10.3 Å². The fourth-order valence-corrected chi connectivity index (χ4v) is 5.27.